The van der Waals surface area contributed by atoms with Crippen LogP contribution in [0.15, 0.2) is 127 Å². The van der Waals surface area contributed by atoms with Crippen LogP contribution in [0.1, 0.15) is 11.1 Å². The smallest absolute Gasteiger partial charge is 0.0753 e. The lowest BCUT2D eigenvalue weighted by Gasteiger charge is -2.15. The van der Waals surface area contributed by atoms with Crippen LogP contribution in [0.2, 0.25) is 0 Å². The van der Waals surface area contributed by atoms with Gasteiger partial charge in [0, 0.05) is 34.1 Å². The summed E-state index contributed by atoms with van der Waals surface area (Å²) in [5, 5.41) is 2.46. The fourth-order valence-corrected chi connectivity index (χ4v) is 5.24. The lowest BCUT2D eigenvalue weighted by atomic mass is 9.86. The van der Waals surface area contributed by atoms with Gasteiger partial charge in [0.1, 0.15) is 0 Å². The molecule has 0 saturated heterocycles. The highest BCUT2D eigenvalue weighted by Crippen LogP contribution is 2.42. The number of hydrogen-bond acceptors (Lipinski definition) is 2. The van der Waals surface area contributed by atoms with Crippen LogP contribution >= 0.6 is 0 Å². The van der Waals surface area contributed by atoms with Gasteiger partial charge in [-0.05, 0) is 41.5 Å². The van der Waals surface area contributed by atoms with E-state index >= 15 is 0 Å². The Morgan fingerprint density at radius 1 is 0.676 bits per heavy atom. The highest BCUT2D eigenvalue weighted by molar-refractivity contribution is 6.18. The van der Waals surface area contributed by atoms with E-state index in [9.17, 15) is 0 Å². The average molecular weight is 436 g/mol. The molecule has 3 aromatic carbocycles. The third-order valence-corrected chi connectivity index (χ3v) is 6.77. The largest absolute Gasteiger partial charge is 0.308 e. The summed E-state index contributed by atoms with van der Waals surface area (Å²) < 4.78 is 2.29. The van der Waals surface area contributed by atoms with Crippen LogP contribution in [0.3, 0.4) is 0 Å². The maximum Gasteiger partial charge on any atom is 0.0753 e. The number of hydrogen-bond donors (Lipinski definition) is 0. The summed E-state index contributed by atoms with van der Waals surface area (Å²) in [6.45, 7) is 0. The lowest BCUT2D eigenvalue weighted by molar-refractivity contribution is 1.16. The lowest BCUT2D eigenvalue weighted by Crippen LogP contribution is -2.09. The van der Waals surface area contributed by atoms with Gasteiger partial charge < -0.3 is 4.57 Å². The Labute approximate surface area is 197 Å². The minimum atomic E-state index is 0.200. The van der Waals surface area contributed by atoms with E-state index in [0.29, 0.717) is 0 Å². The Kier molecular flexibility index (Phi) is 4.21. The summed E-state index contributed by atoms with van der Waals surface area (Å²) >= 11 is 0. The number of rotatable bonds is 3. The quantitative estimate of drug-likeness (QED) is 0.294. The summed E-state index contributed by atoms with van der Waals surface area (Å²) in [7, 11) is 0. The van der Waals surface area contributed by atoms with Gasteiger partial charge in [-0.25, -0.2) is 0 Å². The van der Waals surface area contributed by atoms with E-state index in [1.807, 2.05) is 12.4 Å². The molecule has 1 aliphatic heterocycles. The van der Waals surface area contributed by atoms with Gasteiger partial charge in [-0.3, -0.25) is 9.98 Å². The Morgan fingerprint density at radius 2 is 1.47 bits per heavy atom. The van der Waals surface area contributed by atoms with Gasteiger partial charge in [0.05, 0.1) is 28.6 Å². The fraction of sp³-hybridized carbons (Fsp3) is 0.0323. The summed E-state index contributed by atoms with van der Waals surface area (Å²) in [6, 6.07) is 30.0. The molecule has 34 heavy (non-hydrogen) atoms. The number of para-hydroxylation sites is 1. The highest BCUT2D eigenvalue weighted by Gasteiger charge is 2.29. The first kappa shape index (κ1) is 19.0. The van der Waals surface area contributed by atoms with E-state index in [0.717, 1.165) is 28.2 Å². The molecule has 3 heterocycles. The Bertz CT molecular complexity index is 1630. The van der Waals surface area contributed by atoms with E-state index in [4.69, 9.17) is 4.99 Å². The molecule has 0 spiro atoms. The number of pyridine rings is 1. The summed E-state index contributed by atoms with van der Waals surface area (Å²) in [5.41, 5.74) is 9.20. The third kappa shape index (κ3) is 2.84. The van der Waals surface area contributed by atoms with Gasteiger partial charge in [0.2, 0.25) is 0 Å². The first-order valence-corrected chi connectivity index (χ1v) is 11.6. The van der Waals surface area contributed by atoms with E-state index in [1.54, 1.807) is 0 Å². The second-order valence-corrected chi connectivity index (χ2v) is 8.68. The van der Waals surface area contributed by atoms with Gasteiger partial charge in [-0.1, -0.05) is 78.9 Å². The topological polar surface area (TPSA) is 30.2 Å². The molecule has 2 aliphatic rings. The van der Waals surface area contributed by atoms with Crippen molar-refractivity contribution in [3.05, 3.63) is 133 Å². The van der Waals surface area contributed by atoms with Crippen LogP contribution in [-0.2, 0) is 0 Å². The van der Waals surface area contributed by atoms with Gasteiger partial charge in [0.25, 0.3) is 0 Å². The number of aliphatic imine (C=N–C) groups is 1. The number of nitrogens with zero attached hydrogens (tertiary/aromatic N) is 3. The second kappa shape index (κ2) is 7.53. The molecule has 0 saturated carbocycles. The van der Waals surface area contributed by atoms with Gasteiger partial charge in [-0.15, -0.1) is 0 Å². The molecule has 2 aromatic heterocycles. The minimum Gasteiger partial charge on any atom is -0.308 e. The number of benzene rings is 3. The van der Waals surface area contributed by atoms with Crippen LogP contribution in [-0.4, -0.2) is 15.3 Å². The average Bonchev–Trinajstić information content (AvgIpc) is 3.46. The molecule has 0 N–H and O–H groups in total. The molecule has 160 valence electrons. The Morgan fingerprint density at radius 3 is 2.35 bits per heavy atom. The molecule has 5 aromatic rings. The predicted molar refractivity (Wildman–Crippen MR) is 141 cm³/mol. The zero-order valence-corrected chi connectivity index (χ0v) is 18.5. The maximum atomic E-state index is 5.07. The van der Waals surface area contributed by atoms with Crippen molar-refractivity contribution in [1.82, 2.24) is 9.55 Å². The van der Waals surface area contributed by atoms with Gasteiger partial charge in [-0.2, -0.15) is 0 Å². The molecule has 1 aliphatic carbocycles. The maximum absolute atomic E-state index is 5.07. The molecule has 1 unspecified atom stereocenters. The van der Waals surface area contributed by atoms with Crippen molar-refractivity contribution in [2.75, 3.05) is 0 Å². The molecule has 3 nitrogen and oxygen atoms in total. The minimum absolute atomic E-state index is 0.200. The molecule has 7 rings (SSSR count). The van der Waals surface area contributed by atoms with Crippen LogP contribution in [0, 0.1) is 5.92 Å². The van der Waals surface area contributed by atoms with E-state index in [-0.39, 0.29) is 5.92 Å². The highest BCUT2D eigenvalue weighted by atomic mass is 15.0. The molecule has 0 fully saturated rings. The summed E-state index contributed by atoms with van der Waals surface area (Å²) in [5.74, 6) is 0.200. The Balaban J connectivity index is 1.39. The first-order valence-electron chi connectivity index (χ1n) is 11.6. The van der Waals surface area contributed by atoms with Crippen molar-refractivity contribution in [1.29, 1.82) is 0 Å². The van der Waals surface area contributed by atoms with E-state index in [2.05, 4.69) is 119 Å². The standard InChI is InChI=1S/C31H21N3/c1-2-8-21(9-3-1)30-26-11-4-6-12-27(26)33-31(30)22-14-16-23(17-15-22)34-28-13-7-5-10-24(28)25-18-19-32-20-29(25)34/h1-20,26H. The molecule has 1 atom stereocenters. The van der Waals surface area contributed by atoms with Crippen molar-refractivity contribution >= 4 is 38.8 Å². The van der Waals surface area contributed by atoms with Crippen molar-refractivity contribution in [3.63, 3.8) is 0 Å². The molecular formula is C31H21N3. The monoisotopic (exact) mass is 435 g/mol. The van der Waals surface area contributed by atoms with Gasteiger partial charge >= 0.3 is 0 Å². The number of allylic oxidation sites excluding steroid dienone is 5. The summed E-state index contributed by atoms with van der Waals surface area (Å²) in [4.78, 5) is 9.47. The van der Waals surface area contributed by atoms with E-state index < -0.39 is 0 Å². The van der Waals surface area contributed by atoms with Crippen LogP contribution in [0.25, 0.3) is 38.8 Å². The Hall–Kier alpha value is -4.50. The third-order valence-electron chi connectivity index (χ3n) is 6.77. The zero-order chi connectivity index (χ0) is 22.5. The van der Waals surface area contributed by atoms with Crippen molar-refractivity contribution in [2.45, 2.75) is 0 Å². The SMILES string of the molecule is C1=CC2=NC(c3ccc(-n4c5ccccc5c5ccncc54)cc3)=C(c3ccccc3)C2C=C1. The van der Waals surface area contributed by atoms with Crippen molar-refractivity contribution < 1.29 is 0 Å². The van der Waals surface area contributed by atoms with Crippen LogP contribution in [0.4, 0.5) is 0 Å². The van der Waals surface area contributed by atoms with Crippen molar-refractivity contribution in [3.8, 4) is 5.69 Å². The van der Waals surface area contributed by atoms with Gasteiger partial charge in [0.15, 0.2) is 0 Å². The first-order chi connectivity index (χ1) is 16.9. The fourth-order valence-electron chi connectivity index (χ4n) is 5.24. The normalized spacial score (nSPS) is 16.9. The molecule has 0 amide bonds. The second-order valence-electron chi connectivity index (χ2n) is 8.68. The predicted octanol–water partition coefficient (Wildman–Crippen LogP) is 7.24. The van der Waals surface area contributed by atoms with Crippen LogP contribution < -0.4 is 0 Å². The molecule has 0 bridgehead atoms. The zero-order valence-electron chi connectivity index (χ0n) is 18.5. The molecule has 3 heteroatoms. The van der Waals surface area contributed by atoms with E-state index in [1.165, 1.54) is 27.4 Å². The number of aromatic nitrogens is 2. The molecular weight excluding hydrogens is 414 g/mol. The summed E-state index contributed by atoms with van der Waals surface area (Å²) in [6.07, 6.45) is 12.4. The van der Waals surface area contributed by atoms with Crippen LogP contribution in [0.5, 0.6) is 0 Å². The molecule has 0 radical (unpaired) electrons. The van der Waals surface area contributed by atoms with Crippen molar-refractivity contribution in [2.24, 2.45) is 10.9 Å². The number of fused-ring (bicyclic) bond motifs is 4.